The molecule has 0 unspecified atom stereocenters. The molecule has 1 rings (SSSR count). The van der Waals surface area contributed by atoms with Crippen molar-refractivity contribution in [1.29, 1.82) is 0 Å². The van der Waals surface area contributed by atoms with E-state index in [0.717, 1.165) is 18.4 Å². The van der Waals surface area contributed by atoms with Crippen molar-refractivity contribution in [3.8, 4) is 17.2 Å². The van der Waals surface area contributed by atoms with Gasteiger partial charge in [0.05, 0.1) is 7.11 Å². The van der Waals surface area contributed by atoms with Crippen LogP contribution in [0, 0.1) is 0 Å². The van der Waals surface area contributed by atoms with Gasteiger partial charge < -0.3 is 14.9 Å². The number of methoxy groups -OCH3 is 1. The van der Waals surface area contributed by atoms with Crippen molar-refractivity contribution in [2.45, 2.75) is 45.4 Å². The third-order valence-electron chi connectivity index (χ3n) is 2.95. The van der Waals surface area contributed by atoms with Crippen LogP contribution < -0.4 is 4.74 Å². The molecular weight excluding hydrogens is 216 g/mol. The molecule has 3 heteroatoms. The van der Waals surface area contributed by atoms with Crippen LogP contribution in [-0.4, -0.2) is 17.3 Å². The van der Waals surface area contributed by atoms with Gasteiger partial charge in [0, 0.05) is 0 Å². The lowest BCUT2D eigenvalue weighted by molar-refractivity contribution is 0.347. The van der Waals surface area contributed by atoms with Gasteiger partial charge in [-0.1, -0.05) is 38.7 Å². The third-order valence-corrected chi connectivity index (χ3v) is 2.95. The molecular formula is C14H22O3. The number of hydrogen-bond acceptors (Lipinski definition) is 3. The van der Waals surface area contributed by atoms with Crippen LogP contribution in [0.2, 0.25) is 0 Å². The molecule has 0 aliphatic heterocycles. The number of ether oxygens (including phenoxy) is 1. The van der Waals surface area contributed by atoms with Crippen molar-refractivity contribution in [3.05, 3.63) is 17.7 Å². The number of hydrogen-bond donors (Lipinski definition) is 2. The largest absolute Gasteiger partial charge is 0.504 e. The van der Waals surface area contributed by atoms with E-state index in [2.05, 4.69) is 6.92 Å². The first-order valence-electron chi connectivity index (χ1n) is 6.28. The van der Waals surface area contributed by atoms with Gasteiger partial charge >= 0.3 is 0 Å². The lowest BCUT2D eigenvalue weighted by Gasteiger charge is -2.11. The first-order chi connectivity index (χ1) is 8.20. The number of phenolic OH excluding ortho intramolecular Hbond substituents is 2. The molecule has 1 aromatic carbocycles. The van der Waals surface area contributed by atoms with Crippen LogP contribution in [0.15, 0.2) is 12.1 Å². The van der Waals surface area contributed by atoms with Gasteiger partial charge in [-0.25, -0.2) is 0 Å². The van der Waals surface area contributed by atoms with E-state index in [1.807, 2.05) is 6.07 Å². The molecule has 0 amide bonds. The average molecular weight is 238 g/mol. The van der Waals surface area contributed by atoms with E-state index >= 15 is 0 Å². The minimum atomic E-state index is -0.154. The number of aryl methyl sites for hydroxylation is 1. The standard InChI is InChI=1S/C14H22O3/c1-3-4-5-6-7-8-11-9-10-12(15)13(16)14(11)17-2/h9-10,15-16H,3-8H2,1-2H3. The minimum Gasteiger partial charge on any atom is -0.504 e. The molecule has 1 aromatic rings. The molecule has 0 saturated carbocycles. The summed E-state index contributed by atoms with van der Waals surface area (Å²) in [6.45, 7) is 2.20. The SMILES string of the molecule is CCCCCCCc1ccc(O)c(O)c1OC. The molecule has 96 valence electrons. The van der Waals surface area contributed by atoms with Gasteiger partial charge in [-0.3, -0.25) is 0 Å². The average Bonchev–Trinajstić information content (AvgIpc) is 2.33. The Morgan fingerprint density at radius 2 is 1.76 bits per heavy atom. The van der Waals surface area contributed by atoms with E-state index < -0.39 is 0 Å². The van der Waals surface area contributed by atoms with Crippen LogP contribution in [0.3, 0.4) is 0 Å². The van der Waals surface area contributed by atoms with Crippen molar-refractivity contribution in [2.24, 2.45) is 0 Å². The second-order valence-electron chi connectivity index (χ2n) is 4.29. The van der Waals surface area contributed by atoms with Gasteiger partial charge in [-0.05, 0) is 24.5 Å². The van der Waals surface area contributed by atoms with Crippen LogP contribution in [0.4, 0.5) is 0 Å². The molecule has 0 atom stereocenters. The maximum atomic E-state index is 9.64. The van der Waals surface area contributed by atoms with E-state index in [9.17, 15) is 10.2 Å². The zero-order chi connectivity index (χ0) is 12.7. The lowest BCUT2D eigenvalue weighted by atomic mass is 10.0. The molecule has 17 heavy (non-hydrogen) atoms. The molecule has 0 heterocycles. The van der Waals surface area contributed by atoms with E-state index in [1.54, 1.807) is 0 Å². The number of aromatic hydroxyl groups is 2. The molecule has 0 aliphatic carbocycles. The second kappa shape index (κ2) is 7.05. The molecule has 0 aromatic heterocycles. The number of phenols is 2. The van der Waals surface area contributed by atoms with Gasteiger partial charge in [0.15, 0.2) is 11.5 Å². The maximum Gasteiger partial charge on any atom is 0.200 e. The summed E-state index contributed by atoms with van der Waals surface area (Å²) in [6.07, 6.45) is 6.92. The maximum absolute atomic E-state index is 9.64. The summed E-state index contributed by atoms with van der Waals surface area (Å²) >= 11 is 0. The van der Waals surface area contributed by atoms with Gasteiger partial charge in [0.2, 0.25) is 5.75 Å². The molecule has 3 nitrogen and oxygen atoms in total. The Hall–Kier alpha value is -1.38. The van der Waals surface area contributed by atoms with Gasteiger partial charge in [-0.15, -0.1) is 0 Å². The Labute approximate surface area is 103 Å². The summed E-state index contributed by atoms with van der Waals surface area (Å²) in [5.41, 5.74) is 0.958. The first kappa shape index (κ1) is 13.7. The molecule has 0 aliphatic rings. The van der Waals surface area contributed by atoms with Gasteiger partial charge in [0.25, 0.3) is 0 Å². The van der Waals surface area contributed by atoms with Crippen LogP contribution in [-0.2, 0) is 6.42 Å². The summed E-state index contributed by atoms with van der Waals surface area (Å²) in [7, 11) is 1.51. The molecule has 2 N–H and O–H groups in total. The Morgan fingerprint density at radius 3 is 2.41 bits per heavy atom. The van der Waals surface area contributed by atoms with Crippen LogP contribution in [0.25, 0.3) is 0 Å². The van der Waals surface area contributed by atoms with Crippen molar-refractivity contribution < 1.29 is 14.9 Å². The summed E-state index contributed by atoms with van der Waals surface area (Å²) in [4.78, 5) is 0. The Morgan fingerprint density at radius 1 is 1.06 bits per heavy atom. The quantitative estimate of drug-likeness (QED) is 0.563. The highest BCUT2D eigenvalue weighted by Gasteiger charge is 2.12. The lowest BCUT2D eigenvalue weighted by Crippen LogP contribution is -1.93. The van der Waals surface area contributed by atoms with Crippen molar-refractivity contribution in [3.63, 3.8) is 0 Å². The smallest absolute Gasteiger partial charge is 0.200 e. The predicted octanol–water partition coefficient (Wildman–Crippen LogP) is 3.62. The molecule has 0 radical (unpaired) electrons. The highest BCUT2D eigenvalue weighted by molar-refractivity contribution is 5.54. The van der Waals surface area contributed by atoms with Crippen LogP contribution in [0.5, 0.6) is 17.2 Å². The first-order valence-corrected chi connectivity index (χ1v) is 6.28. The summed E-state index contributed by atoms with van der Waals surface area (Å²) in [6, 6.07) is 3.33. The number of unbranched alkanes of at least 4 members (excludes halogenated alkanes) is 4. The molecule has 0 spiro atoms. The second-order valence-corrected chi connectivity index (χ2v) is 4.29. The van der Waals surface area contributed by atoms with E-state index in [-0.39, 0.29) is 11.5 Å². The van der Waals surface area contributed by atoms with Crippen LogP contribution >= 0.6 is 0 Å². The van der Waals surface area contributed by atoms with Gasteiger partial charge in [-0.2, -0.15) is 0 Å². The molecule has 0 bridgehead atoms. The molecule has 0 saturated heterocycles. The normalized spacial score (nSPS) is 10.5. The van der Waals surface area contributed by atoms with Crippen molar-refractivity contribution in [2.75, 3.05) is 7.11 Å². The van der Waals surface area contributed by atoms with Gasteiger partial charge in [0.1, 0.15) is 0 Å². The monoisotopic (exact) mass is 238 g/mol. The van der Waals surface area contributed by atoms with Crippen molar-refractivity contribution in [1.82, 2.24) is 0 Å². The summed E-state index contributed by atoms with van der Waals surface area (Å²) in [5, 5.41) is 19.0. The Balaban J connectivity index is 2.56. The zero-order valence-corrected chi connectivity index (χ0v) is 10.7. The zero-order valence-electron chi connectivity index (χ0n) is 10.7. The van der Waals surface area contributed by atoms with E-state index in [1.165, 1.54) is 38.9 Å². The summed E-state index contributed by atoms with van der Waals surface area (Å²) in [5.74, 6) is 0.121. The fourth-order valence-corrected chi connectivity index (χ4v) is 1.95. The summed E-state index contributed by atoms with van der Waals surface area (Å²) < 4.78 is 5.13. The number of rotatable bonds is 7. The van der Waals surface area contributed by atoms with Crippen LogP contribution in [0.1, 0.15) is 44.6 Å². The highest BCUT2D eigenvalue weighted by Crippen LogP contribution is 2.38. The topological polar surface area (TPSA) is 49.7 Å². The van der Waals surface area contributed by atoms with E-state index in [4.69, 9.17) is 4.74 Å². The Kier molecular flexibility index (Phi) is 5.67. The van der Waals surface area contributed by atoms with Crippen molar-refractivity contribution >= 4 is 0 Å². The minimum absolute atomic E-state index is 0.128. The fraction of sp³-hybridized carbons (Fsp3) is 0.571. The Bertz CT molecular complexity index is 348. The highest BCUT2D eigenvalue weighted by atomic mass is 16.5. The molecule has 0 fully saturated rings. The number of benzene rings is 1. The predicted molar refractivity (Wildman–Crippen MR) is 68.8 cm³/mol. The third kappa shape index (κ3) is 3.84. The fourth-order valence-electron chi connectivity index (χ4n) is 1.95. The van der Waals surface area contributed by atoms with E-state index in [0.29, 0.717) is 5.75 Å².